The Bertz CT molecular complexity index is 41.0. The molecule has 0 fully saturated rings. The molecule has 2 nitrogen and oxygen atoms in total. The van der Waals surface area contributed by atoms with Crippen molar-refractivity contribution in [1.82, 2.24) is 0 Å². The molecule has 0 aliphatic carbocycles. The molecule has 0 aromatic rings. The van der Waals surface area contributed by atoms with E-state index in [0.29, 0.717) is 0 Å². The summed E-state index contributed by atoms with van der Waals surface area (Å²) in [5, 5.41) is 7.42. The quantitative estimate of drug-likeness (QED) is 0.324. The standard InChI is InChI=1S/C2H4O2.2B.Na.H/c1-2(3)4;;;;/h1H3,(H,3,4);;;;/q;;;+1;-1. The summed E-state index contributed by atoms with van der Waals surface area (Å²) in [4.78, 5) is 9.00. The van der Waals surface area contributed by atoms with Gasteiger partial charge in [-0.3, -0.25) is 4.79 Å². The van der Waals surface area contributed by atoms with Gasteiger partial charge in [0.2, 0.25) is 0 Å². The van der Waals surface area contributed by atoms with Crippen LogP contribution in [-0.4, -0.2) is 27.9 Å². The van der Waals surface area contributed by atoms with Gasteiger partial charge in [0.05, 0.1) is 0 Å². The van der Waals surface area contributed by atoms with E-state index in [-0.39, 0.29) is 47.8 Å². The minimum atomic E-state index is -0.833. The summed E-state index contributed by atoms with van der Waals surface area (Å²) in [5.74, 6) is -0.833. The van der Waals surface area contributed by atoms with Crippen LogP contribution in [0.2, 0.25) is 0 Å². The van der Waals surface area contributed by atoms with Gasteiger partial charge < -0.3 is 6.53 Å². The van der Waals surface area contributed by atoms with Crippen molar-refractivity contribution in [1.29, 1.82) is 0 Å². The van der Waals surface area contributed by atoms with Gasteiger partial charge in [0, 0.05) is 23.7 Å². The van der Waals surface area contributed by atoms with Crippen molar-refractivity contribution in [3.8, 4) is 0 Å². The zero-order chi connectivity index (χ0) is 3.58. The molecule has 7 heavy (non-hydrogen) atoms. The van der Waals surface area contributed by atoms with Crippen molar-refractivity contribution in [2.45, 2.75) is 6.92 Å². The van der Waals surface area contributed by atoms with Crippen LogP contribution in [0.4, 0.5) is 0 Å². The Balaban J connectivity index is -0.00000000750. The van der Waals surface area contributed by atoms with Crippen LogP contribution in [0, 0.1) is 0 Å². The molecule has 5 heteroatoms. The fourth-order valence-electron chi connectivity index (χ4n) is 0. The third kappa shape index (κ3) is 388. The van der Waals surface area contributed by atoms with Crippen molar-refractivity contribution in [3.63, 3.8) is 0 Å². The summed E-state index contributed by atoms with van der Waals surface area (Å²) < 4.78 is 0. The van der Waals surface area contributed by atoms with Gasteiger partial charge in [0.15, 0.2) is 0 Å². The van der Waals surface area contributed by atoms with Gasteiger partial charge in [-0.05, 0) is 0 Å². The van der Waals surface area contributed by atoms with Gasteiger partial charge in [0.25, 0.3) is 5.97 Å². The Morgan fingerprint density at radius 2 is 1.57 bits per heavy atom. The molecule has 0 rings (SSSR count). The maximum atomic E-state index is 9.00. The molecule has 0 saturated heterocycles. The van der Waals surface area contributed by atoms with Crippen LogP contribution in [0.1, 0.15) is 8.35 Å². The molecule has 0 aromatic carbocycles. The average molecular weight is 106 g/mol. The monoisotopic (exact) mass is 106 g/mol. The number of carboxylic acids is 1. The Labute approximate surface area is 70.6 Å². The Kier molecular flexibility index (Phi) is 58.3. The first-order chi connectivity index (χ1) is 1.73. The minimum Gasteiger partial charge on any atom is -1.00 e. The topological polar surface area (TPSA) is 37.3 Å². The van der Waals surface area contributed by atoms with Gasteiger partial charge >= 0.3 is 29.6 Å². The smallest absolute Gasteiger partial charge is 1.00 e. The van der Waals surface area contributed by atoms with Crippen molar-refractivity contribution in [3.05, 3.63) is 0 Å². The van der Waals surface area contributed by atoms with E-state index in [2.05, 4.69) is 0 Å². The molecule has 0 amide bonds. The van der Waals surface area contributed by atoms with E-state index in [9.17, 15) is 0 Å². The predicted molar refractivity (Wildman–Crippen MR) is 25.9 cm³/mol. The molecule has 0 saturated carbocycles. The molecular formula is C2H5B2NaO2. The Morgan fingerprint density at radius 3 is 1.57 bits per heavy atom. The predicted octanol–water partition coefficient (Wildman–Crippen LogP) is -3.55. The summed E-state index contributed by atoms with van der Waals surface area (Å²) in [7, 11) is 0. The normalized spacial score (nSPS) is 3.57. The second kappa shape index (κ2) is 16.0. The summed E-state index contributed by atoms with van der Waals surface area (Å²) in [6.45, 7) is 1.08. The molecule has 0 spiro atoms. The maximum Gasteiger partial charge on any atom is 1.00 e. The van der Waals surface area contributed by atoms with E-state index in [0.717, 1.165) is 6.92 Å². The zero-order valence-corrected chi connectivity index (χ0v) is 6.51. The molecule has 0 aromatic heterocycles. The molecule has 0 bridgehead atoms. The number of hydrogen-bond acceptors (Lipinski definition) is 1. The first-order valence-electron chi connectivity index (χ1n) is 0.928. The SMILES string of the molecule is CC(=O)O.[B].[B].[H-].[Na+]. The van der Waals surface area contributed by atoms with Crippen LogP contribution in [0.3, 0.4) is 0 Å². The van der Waals surface area contributed by atoms with Crippen molar-refractivity contribution >= 4 is 22.8 Å². The number of aliphatic carboxylic acids is 1. The van der Waals surface area contributed by atoms with Gasteiger partial charge in [-0.25, -0.2) is 0 Å². The molecule has 0 aliphatic heterocycles. The van der Waals surface area contributed by atoms with Gasteiger partial charge in [-0.15, -0.1) is 0 Å². The van der Waals surface area contributed by atoms with Gasteiger partial charge in [0.1, 0.15) is 0 Å². The second-order valence-corrected chi connectivity index (χ2v) is 0.519. The summed E-state index contributed by atoms with van der Waals surface area (Å²) >= 11 is 0. The Hall–Kier alpha value is 0.600. The number of hydrogen-bond donors (Lipinski definition) is 1. The summed E-state index contributed by atoms with van der Waals surface area (Å²) in [5.41, 5.74) is 0. The molecule has 32 valence electrons. The summed E-state index contributed by atoms with van der Waals surface area (Å²) in [6, 6.07) is 0. The first kappa shape index (κ1) is 25.5. The number of rotatable bonds is 0. The van der Waals surface area contributed by atoms with E-state index in [1.54, 1.807) is 0 Å². The Morgan fingerprint density at radius 1 is 1.57 bits per heavy atom. The molecule has 0 aliphatic rings. The van der Waals surface area contributed by atoms with E-state index < -0.39 is 5.97 Å². The van der Waals surface area contributed by atoms with Crippen molar-refractivity contribution in [2.75, 3.05) is 0 Å². The van der Waals surface area contributed by atoms with Crippen LogP contribution in [0.5, 0.6) is 0 Å². The van der Waals surface area contributed by atoms with Crippen LogP contribution in [-0.2, 0) is 4.79 Å². The van der Waals surface area contributed by atoms with Crippen LogP contribution < -0.4 is 29.6 Å². The largest absolute Gasteiger partial charge is 1.00 e. The molecule has 0 unspecified atom stereocenters. The molecule has 1 N–H and O–H groups in total. The first-order valence-corrected chi connectivity index (χ1v) is 0.928. The molecule has 0 atom stereocenters. The zero-order valence-electron chi connectivity index (χ0n) is 5.51. The van der Waals surface area contributed by atoms with Crippen molar-refractivity contribution in [2.24, 2.45) is 0 Å². The molecule has 0 heterocycles. The average Bonchev–Trinajstić information content (AvgIpc) is 0.811. The number of carbonyl (C=O) groups is 1. The van der Waals surface area contributed by atoms with Crippen molar-refractivity contribution < 1.29 is 40.9 Å². The fourth-order valence-corrected chi connectivity index (χ4v) is 0. The number of carboxylic acid groups (broad SMARTS) is 1. The van der Waals surface area contributed by atoms with Gasteiger partial charge in [-0.1, -0.05) is 0 Å². The van der Waals surface area contributed by atoms with Crippen LogP contribution >= 0.6 is 0 Å². The molecular weight excluding hydrogens is 101 g/mol. The minimum absolute atomic E-state index is 0. The summed E-state index contributed by atoms with van der Waals surface area (Å²) in [6.07, 6.45) is 0. The molecule has 6 radical (unpaired) electrons. The van der Waals surface area contributed by atoms with Crippen LogP contribution in [0.15, 0.2) is 0 Å². The fraction of sp³-hybridized carbons (Fsp3) is 0.500. The van der Waals surface area contributed by atoms with E-state index >= 15 is 0 Å². The third-order valence-corrected chi connectivity index (χ3v) is 0. The maximum absolute atomic E-state index is 9.00. The van der Waals surface area contributed by atoms with E-state index in [1.165, 1.54) is 0 Å². The van der Waals surface area contributed by atoms with E-state index in [1.807, 2.05) is 0 Å². The van der Waals surface area contributed by atoms with Crippen LogP contribution in [0.25, 0.3) is 0 Å². The van der Waals surface area contributed by atoms with Gasteiger partial charge in [-0.2, -0.15) is 0 Å². The van der Waals surface area contributed by atoms with E-state index in [4.69, 9.17) is 9.90 Å². The second-order valence-electron chi connectivity index (χ2n) is 0.519. The third-order valence-electron chi connectivity index (χ3n) is 0.